The number of nitrogens with zero attached hydrogens (tertiary/aromatic N) is 2. The van der Waals surface area contributed by atoms with Crippen molar-refractivity contribution in [2.75, 3.05) is 7.05 Å². The van der Waals surface area contributed by atoms with Crippen molar-refractivity contribution in [1.29, 1.82) is 0 Å². The number of nitrogens with one attached hydrogen (secondary N) is 2. The smallest absolute Gasteiger partial charge is 0.271 e. The second-order valence-corrected chi connectivity index (χ2v) is 9.83. The van der Waals surface area contributed by atoms with E-state index in [1.165, 1.54) is 6.20 Å². The van der Waals surface area contributed by atoms with E-state index in [0.717, 1.165) is 5.56 Å². The summed E-state index contributed by atoms with van der Waals surface area (Å²) in [5, 5.41) is 17.6. The average Bonchev–Trinajstić information content (AvgIpc) is 2.84. The molecule has 0 aliphatic carbocycles. The predicted molar refractivity (Wildman–Crippen MR) is 139 cm³/mol. The fraction of sp³-hybridized carbons (Fsp3) is 0.385. The number of benzene rings is 2. The molecule has 7 nitrogen and oxygen atoms in total. The van der Waals surface area contributed by atoms with Crippen LogP contribution < -0.4 is 10.6 Å². The molecule has 1 heterocycles. The first kappa shape index (κ1) is 26.9. The zero-order valence-corrected chi connectivity index (χ0v) is 21.5. The van der Waals surface area contributed by atoms with Gasteiger partial charge in [-0.25, -0.2) is 4.98 Å². The number of carbonyl (C=O) groups is 2. The molecule has 9 heteroatoms. The van der Waals surface area contributed by atoms with Gasteiger partial charge in [0.1, 0.15) is 5.69 Å². The van der Waals surface area contributed by atoms with Gasteiger partial charge in [0.2, 0.25) is 5.91 Å². The molecule has 3 atom stereocenters. The zero-order chi connectivity index (χ0) is 25.5. The summed E-state index contributed by atoms with van der Waals surface area (Å²) in [6, 6.07) is 11.7. The first-order chi connectivity index (χ1) is 16.7. The lowest BCUT2D eigenvalue weighted by molar-refractivity contribution is -0.126. The Morgan fingerprint density at radius 2 is 1.74 bits per heavy atom. The van der Waals surface area contributed by atoms with E-state index < -0.39 is 24.0 Å². The lowest BCUT2D eigenvalue weighted by Crippen LogP contribution is -2.47. The van der Waals surface area contributed by atoms with Crippen molar-refractivity contribution in [3.05, 3.63) is 70.0 Å². The van der Waals surface area contributed by atoms with Crippen LogP contribution in [0.3, 0.4) is 0 Å². The molecule has 2 aromatic carbocycles. The van der Waals surface area contributed by atoms with Crippen LogP contribution in [0.2, 0.25) is 10.0 Å². The van der Waals surface area contributed by atoms with E-state index in [1.807, 2.05) is 32.0 Å². The molecule has 0 aliphatic heterocycles. The topological polar surface area (TPSA) is 104 Å². The molecule has 0 radical (unpaired) electrons. The first-order valence-corrected chi connectivity index (χ1v) is 12.3. The van der Waals surface area contributed by atoms with Crippen molar-refractivity contribution in [3.8, 4) is 0 Å². The molecule has 186 valence electrons. The van der Waals surface area contributed by atoms with E-state index in [0.29, 0.717) is 27.5 Å². The Balaban J connectivity index is 1.85. The predicted octanol–water partition coefficient (Wildman–Crippen LogP) is 4.44. The van der Waals surface area contributed by atoms with Crippen LogP contribution in [0.4, 0.5) is 0 Å². The SMILES string of the molecule is CNC(=O)[C@H](CC(C)C)C[C@H](O)C(Cc1ccc(Cl)c(Cl)c1)NC(=O)c1cnc2ccccc2n1. The second kappa shape index (κ2) is 12.3. The van der Waals surface area contributed by atoms with Gasteiger partial charge in [0.15, 0.2) is 0 Å². The Morgan fingerprint density at radius 1 is 1.03 bits per heavy atom. The molecule has 35 heavy (non-hydrogen) atoms. The van der Waals surface area contributed by atoms with Crippen molar-refractivity contribution in [2.45, 2.75) is 45.3 Å². The molecule has 1 aromatic heterocycles. The molecule has 0 aliphatic rings. The van der Waals surface area contributed by atoms with Gasteiger partial charge in [-0.05, 0) is 55.0 Å². The van der Waals surface area contributed by atoms with Gasteiger partial charge < -0.3 is 15.7 Å². The monoisotopic (exact) mass is 516 g/mol. The number of amides is 2. The molecule has 0 saturated carbocycles. The van der Waals surface area contributed by atoms with Crippen molar-refractivity contribution >= 4 is 46.0 Å². The van der Waals surface area contributed by atoms with Crippen LogP contribution in [-0.2, 0) is 11.2 Å². The maximum absolute atomic E-state index is 13.1. The van der Waals surface area contributed by atoms with Crippen molar-refractivity contribution in [1.82, 2.24) is 20.6 Å². The van der Waals surface area contributed by atoms with E-state index in [1.54, 1.807) is 31.3 Å². The largest absolute Gasteiger partial charge is 0.391 e. The number of fused-ring (bicyclic) bond motifs is 1. The van der Waals surface area contributed by atoms with Gasteiger partial charge >= 0.3 is 0 Å². The van der Waals surface area contributed by atoms with Crippen LogP contribution >= 0.6 is 23.2 Å². The molecule has 3 rings (SSSR count). The first-order valence-electron chi connectivity index (χ1n) is 11.5. The second-order valence-electron chi connectivity index (χ2n) is 9.02. The maximum Gasteiger partial charge on any atom is 0.271 e. The number of aliphatic hydroxyl groups is 1. The highest BCUT2D eigenvalue weighted by Crippen LogP contribution is 2.25. The van der Waals surface area contributed by atoms with E-state index in [4.69, 9.17) is 23.2 Å². The van der Waals surface area contributed by atoms with E-state index in [9.17, 15) is 14.7 Å². The number of aliphatic hydroxyl groups excluding tert-OH is 1. The Kier molecular flexibility index (Phi) is 9.43. The van der Waals surface area contributed by atoms with Crippen LogP contribution in [0, 0.1) is 11.8 Å². The summed E-state index contributed by atoms with van der Waals surface area (Å²) >= 11 is 12.2. The van der Waals surface area contributed by atoms with Crippen molar-refractivity contribution in [3.63, 3.8) is 0 Å². The minimum Gasteiger partial charge on any atom is -0.391 e. The summed E-state index contributed by atoms with van der Waals surface area (Å²) in [6.07, 6.45) is 1.50. The zero-order valence-electron chi connectivity index (χ0n) is 20.0. The van der Waals surface area contributed by atoms with E-state index in [-0.39, 0.29) is 30.4 Å². The van der Waals surface area contributed by atoms with Gasteiger partial charge in [-0.15, -0.1) is 0 Å². The maximum atomic E-state index is 13.1. The summed E-state index contributed by atoms with van der Waals surface area (Å²) in [6.45, 7) is 4.05. The number of halogens is 2. The highest BCUT2D eigenvalue weighted by atomic mass is 35.5. The van der Waals surface area contributed by atoms with Gasteiger partial charge in [-0.1, -0.05) is 55.2 Å². The number of aromatic nitrogens is 2. The summed E-state index contributed by atoms with van der Waals surface area (Å²) in [5.41, 5.74) is 2.20. The number of rotatable bonds is 10. The molecular weight excluding hydrogens is 487 g/mol. The van der Waals surface area contributed by atoms with Gasteiger partial charge in [0, 0.05) is 13.0 Å². The molecule has 2 amide bonds. The standard InChI is InChI=1S/C26H30Cl2N4O3/c1-15(2)10-17(25(34)29-3)13-24(33)22(12-16-8-9-18(27)19(28)11-16)32-26(35)23-14-30-20-6-4-5-7-21(20)31-23/h4-9,11,14-15,17,22,24,33H,10,12-13H2,1-3H3,(H,29,34)(H,32,35)/t17-,22?,24+/m1/s1. The lowest BCUT2D eigenvalue weighted by atomic mass is 9.87. The Hall–Kier alpha value is -2.74. The average molecular weight is 517 g/mol. The van der Waals surface area contributed by atoms with Crippen LogP contribution in [0.15, 0.2) is 48.7 Å². The molecule has 3 N–H and O–H groups in total. The third kappa shape index (κ3) is 7.37. The lowest BCUT2D eigenvalue weighted by Gasteiger charge is -2.28. The third-order valence-corrected chi connectivity index (χ3v) is 6.54. The fourth-order valence-corrected chi connectivity index (χ4v) is 4.37. The van der Waals surface area contributed by atoms with Crippen LogP contribution in [0.25, 0.3) is 11.0 Å². The van der Waals surface area contributed by atoms with Crippen LogP contribution in [-0.4, -0.2) is 46.1 Å². The molecule has 0 fully saturated rings. The number of para-hydroxylation sites is 2. The van der Waals surface area contributed by atoms with Crippen LogP contribution in [0.5, 0.6) is 0 Å². The molecule has 0 saturated heterocycles. The molecule has 0 spiro atoms. The summed E-state index contributed by atoms with van der Waals surface area (Å²) in [7, 11) is 1.58. The van der Waals surface area contributed by atoms with E-state index >= 15 is 0 Å². The van der Waals surface area contributed by atoms with Gasteiger partial charge in [-0.2, -0.15) is 0 Å². The summed E-state index contributed by atoms with van der Waals surface area (Å²) in [4.78, 5) is 34.3. The third-order valence-electron chi connectivity index (χ3n) is 5.80. The highest BCUT2D eigenvalue weighted by molar-refractivity contribution is 6.42. The Morgan fingerprint density at radius 3 is 2.40 bits per heavy atom. The van der Waals surface area contributed by atoms with Gasteiger partial charge in [-0.3, -0.25) is 14.6 Å². The van der Waals surface area contributed by atoms with Crippen molar-refractivity contribution < 1.29 is 14.7 Å². The molecular formula is C26H30Cl2N4O3. The Labute approximate surface area is 215 Å². The summed E-state index contributed by atoms with van der Waals surface area (Å²) < 4.78 is 0. The van der Waals surface area contributed by atoms with Gasteiger partial charge in [0.25, 0.3) is 5.91 Å². The molecule has 0 bridgehead atoms. The Bertz CT molecular complexity index is 1190. The quantitative estimate of drug-likeness (QED) is 0.369. The van der Waals surface area contributed by atoms with Gasteiger partial charge in [0.05, 0.1) is 39.4 Å². The number of hydrogen-bond acceptors (Lipinski definition) is 5. The van der Waals surface area contributed by atoms with Crippen molar-refractivity contribution in [2.24, 2.45) is 11.8 Å². The minimum absolute atomic E-state index is 0.139. The van der Waals surface area contributed by atoms with E-state index in [2.05, 4.69) is 20.6 Å². The minimum atomic E-state index is -0.997. The number of carbonyl (C=O) groups excluding carboxylic acids is 2. The normalized spacial score (nSPS) is 13.9. The molecule has 3 aromatic rings. The highest BCUT2D eigenvalue weighted by Gasteiger charge is 2.29. The summed E-state index contributed by atoms with van der Waals surface area (Å²) in [5.74, 6) is -0.741. The van der Waals surface area contributed by atoms with Crippen LogP contribution in [0.1, 0.15) is 42.7 Å². The molecule has 1 unspecified atom stereocenters. The number of hydrogen-bond donors (Lipinski definition) is 3. The fourth-order valence-electron chi connectivity index (χ4n) is 4.05.